The molecule has 0 saturated carbocycles. The van der Waals surface area contributed by atoms with Gasteiger partial charge >= 0.3 is 0 Å². The topological polar surface area (TPSA) is 135 Å². The van der Waals surface area contributed by atoms with E-state index in [1.165, 1.54) is 12.2 Å². The molecule has 3 aromatic rings. The van der Waals surface area contributed by atoms with Gasteiger partial charge in [-0.05, 0) is 71.8 Å². The van der Waals surface area contributed by atoms with Gasteiger partial charge in [-0.15, -0.1) is 12.4 Å². The van der Waals surface area contributed by atoms with Crippen molar-refractivity contribution < 1.29 is 9.59 Å². The minimum atomic E-state index is -0.252. The molecule has 0 aromatic heterocycles. The SMILES string of the molecule is CN=C(N)c1ccc(NC(=O)/C=C\c2ccc(/C=C/C(=O)Nc3ccc(C(N)=NC)cc3)cc2)cc1.Cl. The first kappa shape index (κ1) is 28.5. The highest BCUT2D eigenvalue weighted by atomic mass is 35.5. The lowest BCUT2D eigenvalue weighted by molar-refractivity contribution is -0.112. The normalized spacial score (nSPS) is 11.8. The summed E-state index contributed by atoms with van der Waals surface area (Å²) in [6.45, 7) is 0. The first-order chi connectivity index (χ1) is 17.4. The summed E-state index contributed by atoms with van der Waals surface area (Å²) in [5.74, 6) is 0.368. The minimum Gasteiger partial charge on any atom is -0.384 e. The molecule has 2 amide bonds. The number of halogens is 1. The molecule has 0 aliphatic carbocycles. The smallest absolute Gasteiger partial charge is 0.248 e. The number of benzene rings is 3. The van der Waals surface area contributed by atoms with Crippen LogP contribution in [0.4, 0.5) is 11.4 Å². The Balaban J connectivity index is 0.00000481. The Labute approximate surface area is 222 Å². The molecule has 37 heavy (non-hydrogen) atoms. The van der Waals surface area contributed by atoms with Gasteiger partial charge in [0.25, 0.3) is 0 Å². The first-order valence-electron chi connectivity index (χ1n) is 11.1. The maximum Gasteiger partial charge on any atom is 0.248 e. The Morgan fingerprint density at radius 1 is 0.622 bits per heavy atom. The van der Waals surface area contributed by atoms with Gasteiger partial charge in [0, 0.05) is 48.7 Å². The van der Waals surface area contributed by atoms with E-state index in [1.54, 1.807) is 74.8 Å². The third-order valence-electron chi connectivity index (χ3n) is 5.17. The Morgan fingerprint density at radius 3 is 1.24 bits per heavy atom. The second-order valence-electron chi connectivity index (χ2n) is 7.68. The van der Waals surface area contributed by atoms with Crippen molar-refractivity contribution in [1.82, 2.24) is 0 Å². The number of hydrogen-bond donors (Lipinski definition) is 4. The molecule has 0 spiro atoms. The Morgan fingerprint density at radius 2 is 0.946 bits per heavy atom. The van der Waals surface area contributed by atoms with Crippen LogP contribution in [0.15, 0.2) is 94.9 Å². The number of carbonyl (C=O) groups excluding carboxylic acids is 2. The van der Waals surface area contributed by atoms with Crippen LogP contribution in [0.3, 0.4) is 0 Å². The molecule has 3 rings (SSSR count). The summed E-state index contributed by atoms with van der Waals surface area (Å²) in [5.41, 5.74) is 16.1. The van der Waals surface area contributed by atoms with E-state index in [0.717, 1.165) is 22.3 Å². The molecule has 0 aliphatic rings. The van der Waals surface area contributed by atoms with E-state index in [9.17, 15) is 9.59 Å². The van der Waals surface area contributed by atoms with Crippen LogP contribution in [-0.2, 0) is 9.59 Å². The zero-order chi connectivity index (χ0) is 25.9. The van der Waals surface area contributed by atoms with E-state index in [0.29, 0.717) is 23.0 Å². The fourth-order valence-electron chi connectivity index (χ4n) is 3.14. The van der Waals surface area contributed by atoms with E-state index in [2.05, 4.69) is 20.6 Å². The molecule has 0 atom stereocenters. The van der Waals surface area contributed by atoms with Gasteiger partial charge in [-0.25, -0.2) is 0 Å². The number of rotatable bonds is 8. The number of hydrogen-bond acceptors (Lipinski definition) is 4. The van der Waals surface area contributed by atoms with Crippen LogP contribution in [0.2, 0.25) is 0 Å². The average Bonchev–Trinajstić information content (AvgIpc) is 2.91. The summed E-state index contributed by atoms with van der Waals surface area (Å²) in [7, 11) is 3.25. The molecule has 6 N–H and O–H groups in total. The number of carbonyl (C=O) groups is 2. The highest BCUT2D eigenvalue weighted by molar-refractivity contribution is 6.04. The largest absolute Gasteiger partial charge is 0.384 e. The number of anilines is 2. The number of amidine groups is 2. The van der Waals surface area contributed by atoms with Crippen molar-refractivity contribution in [3.8, 4) is 0 Å². The van der Waals surface area contributed by atoms with Crippen LogP contribution in [0.5, 0.6) is 0 Å². The maximum atomic E-state index is 12.2. The van der Waals surface area contributed by atoms with E-state index in [4.69, 9.17) is 11.5 Å². The van der Waals surface area contributed by atoms with Gasteiger partial charge in [-0.3, -0.25) is 19.6 Å². The van der Waals surface area contributed by atoms with Crippen molar-refractivity contribution in [1.29, 1.82) is 0 Å². The van der Waals surface area contributed by atoms with Crippen molar-refractivity contribution in [3.63, 3.8) is 0 Å². The number of nitrogens with one attached hydrogen (secondary N) is 2. The number of amides is 2. The summed E-state index contributed by atoms with van der Waals surface area (Å²) in [5, 5.41) is 5.60. The van der Waals surface area contributed by atoms with Gasteiger partial charge in [0.15, 0.2) is 0 Å². The van der Waals surface area contributed by atoms with Crippen molar-refractivity contribution in [2.75, 3.05) is 24.7 Å². The number of aliphatic imine (C=N–C) groups is 2. The molecule has 190 valence electrons. The average molecular weight is 517 g/mol. The summed E-state index contributed by atoms with van der Waals surface area (Å²) >= 11 is 0. The predicted octanol–water partition coefficient (Wildman–Crippen LogP) is 4.08. The molecular formula is C28H29ClN6O2. The third kappa shape index (κ3) is 8.79. The lowest BCUT2D eigenvalue weighted by Crippen LogP contribution is -2.13. The fraction of sp³-hybridized carbons (Fsp3) is 0.0714. The van der Waals surface area contributed by atoms with Crippen molar-refractivity contribution in [2.24, 2.45) is 21.5 Å². The molecule has 0 fully saturated rings. The summed E-state index contributed by atoms with van der Waals surface area (Å²) in [4.78, 5) is 32.3. The molecule has 0 aliphatic heterocycles. The van der Waals surface area contributed by atoms with Gasteiger partial charge in [0.1, 0.15) is 11.7 Å². The van der Waals surface area contributed by atoms with Crippen LogP contribution >= 0.6 is 12.4 Å². The molecular weight excluding hydrogens is 488 g/mol. The zero-order valence-electron chi connectivity index (χ0n) is 20.5. The second kappa shape index (κ2) is 14.0. The molecule has 9 heteroatoms. The van der Waals surface area contributed by atoms with E-state index in [-0.39, 0.29) is 24.2 Å². The summed E-state index contributed by atoms with van der Waals surface area (Å²) in [6.07, 6.45) is 6.34. The maximum absolute atomic E-state index is 12.2. The number of nitrogens with two attached hydrogens (primary N) is 2. The van der Waals surface area contributed by atoms with Crippen molar-refractivity contribution in [3.05, 3.63) is 107 Å². The Kier molecular flexibility index (Phi) is 10.8. The molecule has 0 radical (unpaired) electrons. The number of nitrogens with zero attached hydrogens (tertiary/aromatic N) is 2. The van der Waals surface area contributed by atoms with Crippen LogP contribution in [0.1, 0.15) is 22.3 Å². The third-order valence-corrected chi connectivity index (χ3v) is 5.17. The van der Waals surface area contributed by atoms with Gasteiger partial charge in [0.05, 0.1) is 0 Å². The van der Waals surface area contributed by atoms with Gasteiger partial charge < -0.3 is 22.1 Å². The fourth-order valence-corrected chi connectivity index (χ4v) is 3.14. The molecule has 8 nitrogen and oxygen atoms in total. The lowest BCUT2D eigenvalue weighted by Gasteiger charge is -2.04. The first-order valence-corrected chi connectivity index (χ1v) is 11.1. The Hall–Kier alpha value is -4.69. The lowest BCUT2D eigenvalue weighted by atomic mass is 10.1. The molecule has 0 heterocycles. The quantitative estimate of drug-likeness (QED) is 0.204. The monoisotopic (exact) mass is 516 g/mol. The van der Waals surface area contributed by atoms with Crippen LogP contribution in [-0.4, -0.2) is 37.6 Å². The molecule has 0 saturated heterocycles. The minimum absolute atomic E-state index is 0. The Bertz CT molecular complexity index is 1220. The zero-order valence-corrected chi connectivity index (χ0v) is 21.3. The molecule has 3 aromatic carbocycles. The van der Waals surface area contributed by atoms with Crippen molar-refractivity contribution >= 4 is 59.4 Å². The van der Waals surface area contributed by atoms with E-state index >= 15 is 0 Å². The van der Waals surface area contributed by atoms with Crippen LogP contribution in [0.25, 0.3) is 12.2 Å². The van der Waals surface area contributed by atoms with Gasteiger partial charge in [-0.2, -0.15) is 0 Å². The molecule has 0 bridgehead atoms. The van der Waals surface area contributed by atoms with E-state index < -0.39 is 0 Å². The van der Waals surface area contributed by atoms with Crippen molar-refractivity contribution in [2.45, 2.75) is 0 Å². The predicted molar refractivity (Wildman–Crippen MR) is 155 cm³/mol. The molecule has 0 unspecified atom stereocenters. The highest BCUT2D eigenvalue weighted by Crippen LogP contribution is 2.12. The van der Waals surface area contributed by atoms with E-state index in [1.807, 2.05) is 24.3 Å². The summed E-state index contributed by atoms with van der Waals surface area (Å²) < 4.78 is 0. The summed E-state index contributed by atoms with van der Waals surface area (Å²) in [6, 6.07) is 21.7. The second-order valence-corrected chi connectivity index (χ2v) is 7.68. The van der Waals surface area contributed by atoms with Gasteiger partial charge in [-0.1, -0.05) is 24.3 Å². The highest BCUT2D eigenvalue weighted by Gasteiger charge is 2.02. The van der Waals surface area contributed by atoms with Crippen LogP contribution in [0, 0.1) is 0 Å². The van der Waals surface area contributed by atoms with Crippen LogP contribution < -0.4 is 22.1 Å². The standard InChI is InChI=1S/C28H28N6O2.ClH/c1-31-27(29)21-9-13-23(14-10-21)33-25(35)17-7-19-3-5-20(6-4-19)8-18-26(36)34-24-15-11-22(12-16-24)28(30)32-2;/h3-18H,1-2H3,(H2,29,31)(H2,30,32)(H,33,35)(H,34,36);1H/b17-7-,18-8+;. The van der Waals surface area contributed by atoms with Gasteiger partial charge in [0.2, 0.25) is 11.8 Å².